The van der Waals surface area contributed by atoms with E-state index in [-0.39, 0.29) is 39.0 Å². The molecule has 0 atom stereocenters. The molecule has 15 heteroatoms. The van der Waals surface area contributed by atoms with E-state index in [9.17, 15) is 40.8 Å². The average molecular weight is 615 g/mol. The van der Waals surface area contributed by atoms with Crippen LogP contribution in [0.3, 0.4) is 0 Å². The van der Waals surface area contributed by atoms with Crippen molar-refractivity contribution < 1.29 is 40.8 Å². The SMILES string of the molecule is Cc1c(C(=O)C(=O)NC2(C(=O)NC3(C)CS(=O)(=O)C3)CC(F)(F)C2)c2n(c1C(=O)Nc1ccc(F)c(Cl)c1)CCC2. The van der Waals surface area contributed by atoms with Crippen LogP contribution in [0, 0.1) is 12.7 Å². The number of sulfone groups is 1. The Morgan fingerprint density at radius 3 is 2.32 bits per heavy atom. The van der Waals surface area contributed by atoms with Crippen molar-refractivity contribution in [2.75, 3.05) is 16.8 Å². The van der Waals surface area contributed by atoms with Gasteiger partial charge in [-0.1, -0.05) is 11.6 Å². The number of ketones is 1. The van der Waals surface area contributed by atoms with Gasteiger partial charge >= 0.3 is 0 Å². The molecule has 5 rings (SSSR count). The molecule has 2 fully saturated rings. The van der Waals surface area contributed by atoms with E-state index in [1.807, 2.05) is 0 Å². The fourth-order valence-corrected chi connectivity index (χ4v) is 8.18. The van der Waals surface area contributed by atoms with E-state index in [1.165, 1.54) is 26.0 Å². The van der Waals surface area contributed by atoms with Crippen molar-refractivity contribution in [2.45, 2.75) is 63.1 Å². The third-order valence-electron chi connectivity index (χ3n) is 7.64. The fourth-order valence-electron chi connectivity index (χ4n) is 6.00. The van der Waals surface area contributed by atoms with Gasteiger partial charge in [-0.3, -0.25) is 19.2 Å². The highest BCUT2D eigenvalue weighted by atomic mass is 35.5. The highest BCUT2D eigenvalue weighted by Gasteiger charge is 2.63. The lowest BCUT2D eigenvalue weighted by molar-refractivity contribution is -0.166. The zero-order chi connectivity index (χ0) is 30.1. The molecule has 1 aromatic carbocycles. The normalized spacial score (nSPS) is 20.6. The first-order valence-corrected chi connectivity index (χ1v) is 14.9. The predicted molar refractivity (Wildman–Crippen MR) is 141 cm³/mol. The minimum atomic E-state index is -3.37. The zero-order valence-electron chi connectivity index (χ0n) is 22.0. The molecule has 0 bridgehead atoms. The number of carbonyl (C=O) groups excluding carboxylic acids is 4. The number of nitrogens with zero attached hydrogens (tertiary/aromatic N) is 1. The molecule has 3 amide bonds. The van der Waals surface area contributed by atoms with Crippen LogP contribution in [0.15, 0.2) is 18.2 Å². The van der Waals surface area contributed by atoms with Gasteiger partial charge in [-0.25, -0.2) is 21.6 Å². The number of benzene rings is 1. The number of rotatable bonds is 7. The van der Waals surface area contributed by atoms with Gasteiger partial charge in [-0.15, -0.1) is 0 Å². The van der Waals surface area contributed by atoms with Crippen LogP contribution in [0.4, 0.5) is 18.9 Å². The summed E-state index contributed by atoms with van der Waals surface area (Å²) in [6, 6.07) is 3.60. The second-order valence-corrected chi connectivity index (χ2v) is 13.7. The van der Waals surface area contributed by atoms with Crippen molar-refractivity contribution in [3.63, 3.8) is 0 Å². The van der Waals surface area contributed by atoms with Gasteiger partial charge in [0.05, 0.1) is 27.6 Å². The Balaban J connectivity index is 1.39. The Labute approximate surface area is 237 Å². The van der Waals surface area contributed by atoms with Crippen LogP contribution in [-0.2, 0) is 32.4 Å². The number of hydrogen-bond donors (Lipinski definition) is 3. The van der Waals surface area contributed by atoms with Crippen LogP contribution in [0.25, 0.3) is 0 Å². The smallest absolute Gasteiger partial charge is 0.293 e. The number of Topliss-reactive ketones (excluding diaryl/α,β-unsaturated/α-hetero) is 1. The molecule has 3 N–H and O–H groups in total. The number of nitrogens with one attached hydrogen (secondary N) is 3. The van der Waals surface area contributed by atoms with E-state index in [0.717, 1.165) is 6.07 Å². The third kappa shape index (κ3) is 5.23. The molecule has 0 unspecified atom stereocenters. The molecule has 3 aliphatic rings. The van der Waals surface area contributed by atoms with Crippen molar-refractivity contribution in [2.24, 2.45) is 0 Å². The van der Waals surface area contributed by atoms with Gasteiger partial charge in [0.15, 0.2) is 9.84 Å². The van der Waals surface area contributed by atoms with Crippen LogP contribution in [-0.4, -0.2) is 65.0 Å². The van der Waals surface area contributed by atoms with Gasteiger partial charge < -0.3 is 20.5 Å². The van der Waals surface area contributed by atoms with E-state index in [2.05, 4.69) is 16.0 Å². The van der Waals surface area contributed by atoms with Gasteiger partial charge in [-0.2, -0.15) is 0 Å². The van der Waals surface area contributed by atoms with Crippen molar-refractivity contribution in [3.8, 4) is 0 Å². The molecule has 1 saturated carbocycles. The standard InChI is InChI=1S/C26H26ClF3N4O6S/c1-13-18(17-4-3-7-34(17)19(13)21(36)31-14-5-6-16(28)15(27)8-14)20(35)22(37)32-25(9-26(29,30)10-25)23(38)33-24(2)11-41(39,40)12-24/h5-6,8H,3-4,7,9-12H2,1-2H3,(H,31,36)(H,32,37)(H,33,38). The summed E-state index contributed by atoms with van der Waals surface area (Å²) in [5, 5.41) is 7.03. The summed E-state index contributed by atoms with van der Waals surface area (Å²) in [5.74, 6) is -8.75. The highest BCUT2D eigenvalue weighted by molar-refractivity contribution is 7.93. The Hall–Kier alpha value is -3.39. The Bertz CT molecular complexity index is 1620. The number of carbonyl (C=O) groups is 4. The van der Waals surface area contributed by atoms with E-state index >= 15 is 0 Å². The summed E-state index contributed by atoms with van der Waals surface area (Å²) in [4.78, 5) is 52.9. The number of aromatic nitrogens is 1. The lowest BCUT2D eigenvalue weighted by Crippen LogP contribution is -2.74. The highest BCUT2D eigenvalue weighted by Crippen LogP contribution is 2.46. The molecule has 10 nitrogen and oxygen atoms in total. The molecule has 1 aliphatic carbocycles. The number of hydrogen-bond acceptors (Lipinski definition) is 6. The van der Waals surface area contributed by atoms with Gasteiger partial charge in [-0.05, 0) is 50.5 Å². The second kappa shape index (κ2) is 9.58. The van der Waals surface area contributed by atoms with Crippen LogP contribution in [0.5, 0.6) is 0 Å². The first-order valence-electron chi connectivity index (χ1n) is 12.7. The van der Waals surface area contributed by atoms with Crippen LogP contribution >= 0.6 is 11.6 Å². The Morgan fingerprint density at radius 1 is 1.07 bits per heavy atom. The monoisotopic (exact) mass is 614 g/mol. The summed E-state index contributed by atoms with van der Waals surface area (Å²) >= 11 is 5.79. The zero-order valence-corrected chi connectivity index (χ0v) is 23.6. The molecular weight excluding hydrogens is 589 g/mol. The van der Waals surface area contributed by atoms with Crippen molar-refractivity contribution in [3.05, 3.63) is 51.6 Å². The van der Waals surface area contributed by atoms with E-state index in [0.29, 0.717) is 25.1 Å². The van der Waals surface area contributed by atoms with Crippen LogP contribution in [0.1, 0.15) is 58.3 Å². The molecule has 41 heavy (non-hydrogen) atoms. The summed E-state index contributed by atoms with van der Waals surface area (Å²) in [5.41, 5.74) is -2.48. The van der Waals surface area contributed by atoms with Gasteiger partial charge in [0, 0.05) is 30.8 Å². The Kier molecular flexibility index (Phi) is 6.80. The van der Waals surface area contributed by atoms with Gasteiger partial charge in [0.25, 0.3) is 23.5 Å². The molecule has 1 saturated heterocycles. The van der Waals surface area contributed by atoms with Gasteiger partial charge in [0.2, 0.25) is 5.91 Å². The van der Waals surface area contributed by atoms with E-state index < -0.39 is 69.0 Å². The molecule has 1 aromatic heterocycles. The van der Waals surface area contributed by atoms with Crippen LogP contribution in [0.2, 0.25) is 5.02 Å². The summed E-state index contributed by atoms with van der Waals surface area (Å²) in [6.45, 7) is 3.29. The summed E-state index contributed by atoms with van der Waals surface area (Å²) in [6.07, 6.45) is -1.19. The molecule has 3 heterocycles. The lowest BCUT2D eigenvalue weighted by atomic mass is 9.72. The fraction of sp³-hybridized carbons (Fsp3) is 0.462. The molecule has 220 valence electrons. The molecule has 0 spiro atoms. The summed E-state index contributed by atoms with van der Waals surface area (Å²) in [7, 11) is -3.37. The van der Waals surface area contributed by atoms with E-state index in [1.54, 1.807) is 4.57 Å². The van der Waals surface area contributed by atoms with Crippen molar-refractivity contribution >= 4 is 50.6 Å². The topological polar surface area (TPSA) is 143 Å². The number of alkyl halides is 2. The van der Waals surface area contributed by atoms with Crippen molar-refractivity contribution in [1.82, 2.24) is 15.2 Å². The molecular formula is C26H26ClF3N4O6S. The third-order valence-corrected chi connectivity index (χ3v) is 10.1. The maximum atomic E-state index is 14.0. The molecule has 2 aromatic rings. The maximum absolute atomic E-state index is 14.0. The van der Waals surface area contributed by atoms with Crippen LogP contribution < -0.4 is 16.0 Å². The summed E-state index contributed by atoms with van der Waals surface area (Å²) < 4.78 is 66.3. The minimum absolute atomic E-state index is 0.0685. The largest absolute Gasteiger partial charge is 0.347 e. The second-order valence-electron chi connectivity index (χ2n) is 11.3. The number of halogens is 4. The molecule has 0 radical (unpaired) electrons. The number of anilines is 1. The molecule has 2 aliphatic heterocycles. The Morgan fingerprint density at radius 2 is 1.73 bits per heavy atom. The quantitative estimate of drug-likeness (QED) is 0.323. The first-order chi connectivity index (χ1) is 18.9. The lowest BCUT2D eigenvalue weighted by Gasteiger charge is -2.48. The van der Waals surface area contributed by atoms with E-state index in [4.69, 9.17) is 11.6 Å². The number of amides is 3. The van der Waals surface area contributed by atoms with Gasteiger partial charge in [0.1, 0.15) is 17.1 Å². The maximum Gasteiger partial charge on any atom is 0.293 e. The first kappa shape index (κ1) is 29.1. The average Bonchev–Trinajstić information content (AvgIpc) is 3.37. The predicted octanol–water partition coefficient (Wildman–Crippen LogP) is 2.56. The van der Waals surface area contributed by atoms with Crippen molar-refractivity contribution in [1.29, 1.82) is 0 Å². The number of fused-ring (bicyclic) bond motifs is 1. The minimum Gasteiger partial charge on any atom is -0.347 e.